The lowest BCUT2D eigenvalue weighted by Crippen LogP contribution is -2.43. The Bertz CT molecular complexity index is 490. The number of likely N-dealkylation sites (tertiary alicyclic amines) is 1. The molecule has 2 aliphatic heterocycles. The normalized spacial score (nSPS) is 25.8. The highest BCUT2D eigenvalue weighted by Gasteiger charge is 2.31. The predicted octanol–water partition coefficient (Wildman–Crippen LogP) is 2.19. The molecule has 2 saturated heterocycles. The maximum Gasteiger partial charge on any atom is 0.223 e. The molecule has 0 saturated carbocycles. The average molecular weight is 338 g/mol. The molecule has 0 radical (unpaired) electrons. The Hall–Kier alpha value is -1.10. The monoisotopic (exact) mass is 337 g/mol. The summed E-state index contributed by atoms with van der Waals surface area (Å²) in [7, 11) is 0. The zero-order chi connectivity index (χ0) is 15.4. The number of halogens is 1. The number of hydrogen-bond acceptors (Lipinski definition) is 3. The summed E-state index contributed by atoms with van der Waals surface area (Å²) >= 11 is 0. The van der Waals surface area contributed by atoms with Crippen LogP contribution in [0.15, 0.2) is 30.3 Å². The van der Waals surface area contributed by atoms with Crippen molar-refractivity contribution in [3.05, 3.63) is 35.9 Å². The second-order valence-electron chi connectivity index (χ2n) is 6.73. The summed E-state index contributed by atoms with van der Waals surface area (Å²) in [4.78, 5) is 14.8. The Morgan fingerprint density at radius 3 is 2.65 bits per heavy atom. The van der Waals surface area contributed by atoms with E-state index in [0.717, 1.165) is 45.4 Å². The van der Waals surface area contributed by atoms with Crippen molar-refractivity contribution in [2.75, 3.05) is 19.6 Å². The van der Waals surface area contributed by atoms with Crippen molar-refractivity contribution >= 4 is 18.3 Å². The summed E-state index contributed by atoms with van der Waals surface area (Å²) in [6.07, 6.45) is 3.01. The van der Waals surface area contributed by atoms with E-state index in [1.54, 1.807) is 0 Å². The number of benzene rings is 1. The number of rotatable bonds is 4. The summed E-state index contributed by atoms with van der Waals surface area (Å²) in [5.41, 5.74) is 1.35. The van der Waals surface area contributed by atoms with Crippen LogP contribution in [0.2, 0.25) is 0 Å². The number of carbonyl (C=O) groups is 1. The number of nitrogens with one attached hydrogen (secondary N) is 2. The van der Waals surface area contributed by atoms with Crippen LogP contribution in [0, 0.1) is 5.92 Å². The molecule has 0 bridgehead atoms. The Morgan fingerprint density at radius 1 is 1.26 bits per heavy atom. The molecule has 3 rings (SSSR count). The standard InChI is InChI=1S/C18H27N3O.ClH/c1-14-11-17(20-18(22)16-7-9-19-10-8-16)13-21(14)12-15-5-3-2-4-6-15;/h2-6,14,16-17,19H,7-13H2,1H3,(H,20,22);1H. The molecule has 23 heavy (non-hydrogen) atoms. The van der Waals surface area contributed by atoms with E-state index in [1.165, 1.54) is 5.56 Å². The van der Waals surface area contributed by atoms with Gasteiger partial charge in [-0.05, 0) is 44.8 Å². The Balaban J connectivity index is 0.00000192. The van der Waals surface area contributed by atoms with E-state index in [4.69, 9.17) is 0 Å². The molecule has 5 heteroatoms. The van der Waals surface area contributed by atoms with E-state index in [0.29, 0.717) is 12.1 Å². The first-order valence-electron chi connectivity index (χ1n) is 8.51. The average Bonchev–Trinajstić information content (AvgIpc) is 2.88. The molecule has 1 aromatic carbocycles. The van der Waals surface area contributed by atoms with Crippen LogP contribution in [0.25, 0.3) is 0 Å². The molecule has 4 nitrogen and oxygen atoms in total. The van der Waals surface area contributed by atoms with Gasteiger partial charge in [-0.2, -0.15) is 0 Å². The molecule has 2 atom stereocenters. The van der Waals surface area contributed by atoms with E-state index >= 15 is 0 Å². The molecule has 0 aliphatic carbocycles. The van der Waals surface area contributed by atoms with Crippen LogP contribution < -0.4 is 10.6 Å². The zero-order valence-electron chi connectivity index (χ0n) is 13.8. The molecular weight excluding hydrogens is 310 g/mol. The van der Waals surface area contributed by atoms with Gasteiger partial charge in [0.25, 0.3) is 0 Å². The van der Waals surface area contributed by atoms with Crippen LogP contribution in [-0.2, 0) is 11.3 Å². The second kappa shape index (κ2) is 8.67. The third-order valence-corrected chi connectivity index (χ3v) is 4.99. The molecule has 0 spiro atoms. The van der Waals surface area contributed by atoms with Crippen LogP contribution >= 0.6 is 12.4 Å². The summed E-state index contributed by atoms with van der Waals surface area (Å²) in [5.74, 6) is 0.472. The van der Waals surface area contributed by atoms with E-state index in [-0.39, 0.29) is 24.2 Å². The van der Waals surface area contributed by atoms with Gasteiger partial charge in [0.15, 0.2) is 0 Å². The zero-order valence-corrected chi connectivity index (χ0v) is 14.6. The smallest absolute Gasteiger partial charge is 0.223 e. The molecule has 2 N–H and O–H groups in total. The van der Waals surface area contributed by atoms with Gasteiger partial charge in [0.1, 0.15) is 0 Å². The fourth-order valence-electron chi connectivity index (χ4n) is 3.64. The Labute approximate surface area is 145 Å². The highest BCUT2D eigenvalue weighted by molar-refractivity contribution is 5.85. The summed E-state index contributed by atoms with van der Waals surface area (Å²) < 4.78 is 0. The van der Waals surface area contributed by atoms with Gasteiger partial charge in [0.2, 0.25) is 5.91 Å². The maximum absolute atomic E-state index is 12.4. The van der Waals surface area contributed by atoms with E-state index < -0.39 is 0 Å². The number of carbonyl (C=O) groups excluding carboxylic acids is 1. The first-order valence-corrected chi connectivity index (χ1v) is 8.51. The van der Waals surface area contributed by atoms with Gasteiger partial charge >= 0.3 is 0 Å². The van der Waals surface area contributed by atoms with Gasteiger partial charge in [0.05, 0.1) is 0 Å². The second-order valence-corrected chi connectivity index (χ2v) is 6.73. The third kappa shape index (κ3) is 4.93. The summed E-state index contributed by atoms with van der Waals surface area (Å²) in [5, 5.41) is 6.60. The number of piperidine rings is 1. The lowest BCUT2D eigenvalue weighted by atomic mass is 9.97. The maximum atomic E-state index is 12.4. The topological polar surface area (TPSA) is 44.4 Å². The van der Waals surface area contributed by atoms with Crippen molar-refractivity contribution in [2.24, 2.45) is 5.92 Å². The van der Waals surface area contributed by atoms with Crippen molar-refractivity contribution < 1.29 is 4.79 Å². The van der Waals surface area contributed by atoms with Crippen LogP contribution in [0.3, 0.4) is 0 Å². The molecule has 1 amide bonds. The van der Waals surface area contributed by atoms with Gasteiger partial charge in [-0.25, -0.2) is 0 Å². The van der Waals surface area contributed by atoms with Gasteiger partial charge in [0, 0.05) is 31.1 Å². The van der Waals surface area contributed by atoms with Crippen molar-refractivity contribution in [1.82, 2.24) is 15.5 Å². The lowest BCUT2D eigenvalue weighted by molar-refractivity contribution is -0.126. The highest BCUT2D eigenvalue weighted by Crippen LogP contribution is 2.21. The first-order chi connectivity index (χ1) is 10.7. The van der Waals surface area contributed by atoms with Crippen molar-refractivity contribution in [1.29, 1.82) is 0 Å². The van der Waals surface area contributed by atoms with Gasteiger partial charge < -0.3 is 10.6 Å². The van der Waals surface area contributed by atoms with Crippen LogP contribution in [-0.4, -0.2) is 42.5 Å². The van der Waals surface area contributed by atoms with Gasteiger partial charge in [-0.1, -0.05) is 30.3 Å². The molecule has 128 valence electrons. The summed E-state index contributed by atoms with van der Waals surface area (Å²) in [6, 6.07) is 11.4. The lowest BCUT2D eigenvalue weighted by Gasteiger charge is -2.24. The van der Waals surface area contributed by atoms with Crippen LogP contribution in [0.1, 0.15) is 31.7 Å². The van der Waals surface area contributed by atoms with Crippen molar-refractivity contribution in [2.45, 2.75) is 44.8 Å². The quantitative estimate of drug-likeness (QED) is 0.885. The Kier molecular flexibility index (Phi) is 6.88. The van der Waals surface area contributed by atoms with E-state index in [1.807, 2.05) is 0 Å². The largest absolute Gasteiger partial charge is 0.352 e. The van der Waals surface area contributed by atoms with E-state index in [9.17, 15) is 4.79 Å². The minimum absolute atomic E-state index is 0. The molecule has 2 fully saturated rings. The minimum Gasteiger partial charge on any atom is -0.352 e. The molecule has 2 aliphatic rings. The predicted molar refractivity (Wildman–Crippen MR) is 95.7 cm³/mol. The Morgan fingerprint density at radius 2 is 1.96 bits per heavy atom. The SMILES string of the molecule is CC1CC(NC(=O)C2CCNCC2)CN1Cc1ccccc1.Cl. The molecule has 2 unspecified atom stereocenters. The fraction of sp³-hybridized carbons (Fsp3) is 0.611. The number of nitrogens with zero attached hydrogens (tertiary/aromatic N) is 1. The molecule has 2 heterocycles. The highest BCUT2D eigenvalue weighted by atomic mass is 35.5. The van der Waals surface area contributed by atoms with Crippen molar-refractivity contribution in [3.63, 3.8) is 0 Å². The minimum atomic E-state index is 0. The molecule has 0 aromatic heterocycles. The molecular formula is C18H28ClN3O. The fourth-order valence-corrected chi connectivity index (χ4v) is 3.64. The first kappa shape index (κ1) is 18.2. The number of amides is 1. The summed E-state index contributed by atoms with van der Waals surface area (Å²) in [6.45, 7) is 6.15. The number of hydrogen-bond donors (Lipinski definition) is 2. The van der Waals surface area contributed by atoms with Gasteiger partial charge in [-0.3, -0.25) is 9.69 Å². The molecule has 1 aromatic rings. The van der Waals surface area contributed by atoms with Crippen LogP contribution in [0.5, 0.6) is 0 Å². The van der Waals surface area contributed by atoms with Gasteiger partial charge in [-0.15, -0.1) is 12.4 Å². The van der Waals surface area contributed by atoms with Crippen LogP contribution in [0.4, 0.5) is 0 Å². The van der Waals surface area contributed by atoms with Crippen molar-refractivity contribution in [3.8, 4) is 0 Å². The van der Waals surface area contributed by atoms with E-state index in [2.05, 4.69) is 52.8 Å². The third-order valence-electron chi connectivity index (χ3n) is 4.99.